The molecule has 0 aliphatic rings. The second-order valence-electron chi connectivity index (χ2n) is 3.46. The van der Waals surface area contributed by atoms with E-state index in [1.807, 2.05) is 0 Å². The Bertz CT molecular complexity index is 489. The second-order valence-corrected chi connectivity index (χ2v) is 3.46. The van der Waals surface area contributed by atoms with Crippen molar-refractivity contribution in [3.8, 4) is 0 Å². The minimum Gasteiger partial charge on any atom is -0.311 e. The Morgan fingerprint density at radius 1 is 1.10 bits per heavy atom. The standard InChI is InChI=1S/C9H7F3N2O6/c10-9(11,12)7-3-1-6(2-4-7)8(20-14(17)18)5-19-13(15)16/h1-4,8H,5H2. The molecule has 0 saturated carbocycles. The SMILES string of the molecule is O=[N+]([O-])OCC(O[N+](=O)[O-])c1ccc(C(F)(F)F)cc1. The van der Waals surface area contributed by atoms with Crippen molar-refractivity contribution in [1.82, 2.24) is 0 Å². The van der Waals surface area contributed by atoms with Gasteiger partial charge in [-0.25, -0.2) is 0 Å². The molecule has 0 bridgehead atoms. The van der Waals surface area contributed by atoms with Crippen molar-refractivity contribution < 1.29 is 33.0 Å². The number of halogens is 3. The van der Waals surface area contributed by atoms with Crippen molar-refractivity contribution in [3.63, 3.8) is 0 Å². The maximum atomic E-state index is 12.3. The highest BCUT2D eigenvalue weighted by Gasteiger charge is 2.30. The molecule has 0 aromatic heterocycles. The number of alkyl halides is 3. The first-order valence-electron chi connectivity index (χ1n) is 4.96. The summed E-state index contributed by atoms with van der Waals surface area (Å²) in [7, 11) is 0. The highest BCUT2D eigenvalue weighted by Crippen LogP contribution is 2.30. The first kappa shape index (κ1) is 15.5. The summed E-state index contributed by atoms with van der Waals surface area (Å²) in [6.07, 6.45) is -6.06. The zero-order valence-electron chi connectivity index (χ0n) is 9.57. The summed E-state index contributed by atoms with van der Waals surface area (Å²) in [5.41, 5.74) is -1.02. The first-order valence-corrected chi connectivity index (χ1v) is 4.96. The van der Waals surface area contributed by atoms with Crippen LogP contribution in [0.4, 0.5) is 13.2 Å². The van der Waals surface area contributed by atoms with Crippen molar-refractivity contribution in [1.29, 1.82) is 0 Å². The maximum Gasteiger partial charge on any atom is 0.416 e. The van der Waals surface area contributed by atoms with E-state index in [1.165, 1.54) is 0 Å². The van der Waals surface area contributed by atoms with E-state index >= 15 is 0 Å². The third-order valence-electron chi connectivity index (χ3n) is 2.15. The van der Waals surface area contributed by atoms with Gasteiger partial charge in [-0.1, -0.05) is 12.1 Å². The van der Waals surface area contributed by atoms with Crippen LogP contribution in [0.25, 0.3) is 0 Å². The number of rotatable bonds is 6. The second kappa shape index (κ2) is 6.04. The van der Waals surface area contributed by atoms with Crippen LogP contribution in [-0.2, 0) is 15.9 Å². The molecule has 110 valence electrons. The molecule has 1 unspecified atom stereocenters. The number of hydrogen-bond acceptors (Lipinski definition) is 6. The van der Waals surface area contributed by atoms with Gasteiger partial charge in [0.25, 0.3) is 10.2 Å². The van der Waals surface area contributed by atoms with E-state index in [0.29, 0.717) is 12.1 Å². The van der Waals surface area contributed by atoms with Crippen LogP contribution < -0.4 is 0 Å². The van der Waals surface area contributed by atoms with Gasteiger partial charge in [-0.15, -0.1) is 20.2 Å². The van der Waals surface area contributed by atoms with Crippen molar-refractivity contribution >= 4 is 0 Å². The Morgan fingerprint density at radius 3 is 2.05 bits per heavy atom. The van der Waals surface area contributed by atoms with E-state index in [0.717, 1.165) is 12.1 Å². The summed E-state index contributed by atoms with van der Waals surface area (Å²) < 4.78 is 37.0. The van der Waals surface area contributed by atoms with Crippen molar-refractivity contribution in [2.24, 2.45) is 0 Å². The summed E-state index contributed by atoms with van der Waals surface area (Å²) in [5.74, 6) is 0. The van der Waals surface area contributed by atoms with Gasteiger partial charge < -0.3 is 9.68 Å². The summed E-state index contributed by atoms with van der Waals surface area (Å²) >= 11 is 0. The van der Waals surface area contributed by atoms with Gasteiger partial charge >= 0.3 is 6.18 Å². The maximum absolute atomic E-state index is 12.3. The normalized spacial score (nSPS) is 12.6. The highest BCUT2D eigenvalue weighted by molar-refractivity contribution is 5.26. The number of benzene rings is 1. The molecule has 1 aromatic rings. The molecule has 20 heavy (non-hydrogen) atoms. The van der Waals surface area contributed by atoms with Gasteiger partial charge in [-0.05, 0) is 17.7 Å². The topological polar surface area (TPSA) is 105 Å². The molecular formula is C9H7F3N2O6. The lowest BCUT2D eigenvalue weighted by Gasteiger charge is -2.15. The third-order valence-corrected chi connectivity index (χ3v) is 2.15. The van der Waals surface area contributed by atoms with Gasteiger partial charge in [0.1, 0.15) is 6.61 Å². The highest BCUT2D eigenvalue weighted by atomic mass is 19.4. The molecule has 8 nitrogen and oxygen atoms in total. The fourth-order valence-corrected chi connectivity index (χ4v) is 1.31. The molecule has 1 atom stereocenters. The lowest BCUT2D eigenvalue weighted by Crippen LogP contribution is -2.18. The molecule has 1 rings (SSSR count). The van der Waals surface area contributed by atoms with Crippen LogP contribution >= 0.6 is 0 Å². The molecule has 1 aromatic carbocycles. The van der Waals surface area contributed by atoms with E-state index in [4.69, 9.17) is 0 Å². The molecule has 0 aliphatic heterocycles. The Hall–Kier alpha value is -2.59. The van der Waals surface area contributed by atoms with E-state index in [-0.39, 0.29) is 5.56 Å². The summed E-state index contributed by atoms with van der Waals surface area (Å²) in [5, 5.41) is 17.8. The van der Waals surface area contributed by atoms with Crippen LogP contribution in [0.15, 0.2) is 24.3 Å². The summed E-state index contributed by atoms with van der Waals surface area (Å²) in [6, 6.07) is 3.19. The van der Waals surface area contributed by atoms with Crippen LogP contribution in [-0.4, -0.2) is 16.8 Å². The third kappa shape index (κ3) is 4.59. The largest absolute Gasteiger partial charge is 0.416 e. The van der Waals surface area contributed by atoms with Crippen LogP contribution in [0.3, 0.4) is 0 Å². The zero-order chi connectivity index (χ0) is 15.3. The van der Waals surface area contributed by atoms with Crippen LogP contribution in [0.5, 0.6) is 0 Å². The fourth-order valence-electron chi connectivity index (χ4n) is 1.31. The van der Waals surface area contributed by atoms with Gasteiger partial charge in [0, 0.05) is 0 Å². The average Bonchev–Trinajstić information content (AvgIpc) is 2.33. The smallest absolute Gasteiger partial charge is 0.311 e. The fraction of sp³-hybridized carbons (Fsp3) is 0.333. The van der Waals surface area contributed by atoms with E-state index < -0.39 is 34.6 Å². The summed E-state index contributed by atoms with van der Waals surface area (Å²) in [6.45, 7) is -0.820. The lowest BCUT2D eigenvalue weighted by molar-refractivity contribution is -0.792. The molecule has 11 heteroatoms. The molecule has 0 heterocycles. The van der Waals surface area contributed by atoms with Gasteiger partial charge in [0.2, 0.25) is 0 Å². The first-order chi connectivity index (χ1) is 9.20. The average molecular weight is 296 g/mol. The van der Waals surface area contributed by atoms with Crippen molar-refractivity contribution in [2.75, 3.05) is 6.61 Å². The number of nitrogens with zero attached hydrogens (tertiary/aromatic N) is 2. The Balaban J connectivity index is 2.90. The van der Waals surface area contributed by atoms with E-state index in [2.05, 4.69) is 9.68 Å². The van der Waals surface area contributed by atoms with Gasteiger partial charge in [0.05, 0.1) is 5.56 Å². The van der Waals surface area contributed by atoms with E-state index in [1.54, 1.807) is 0 Å². The Labute approximate surface area is 108 Å². The van der Waals surface area contributed by atoms with Gasteiger partial charge in [0.15, 0.2) is 6.10 Å². The molecule has 0 N–H and O–H groups in total. The van der Waals surface area contributed by atoms with Crippen LogP contribution in [0, 0.1) is 20.2 Å². The molecule has 0 aliphatic carbocycles. The van der Waals surface area contributed by atoms with Gasteiger partial charge in [-0.3, -0.25) is 0 Å². The van der Waals surface area contributed by atoms with Gasteiger partial charge in [-0.2, -0.15) is 13.2 Å². The molecule has 0 saturated heterocycles. The quantitative estimate of drug-likeness (QED) is 0.588. The Morgan fingerprint density at radius 2 is 1.65 bits per heavy atom. The predicted octanol–water partition coefficient (Wildman–Crippen LogP) is 2.16. The number of hydrogen-bond donors (Lipinski definition) is 0. The molecule has 0 spiro atoms. The van der Waals surface area contributed by atoms with Crippen molar-refractivity contribution in [3.05, 3.63) is 55.6 Å². The molecule has 0 fully saturated rings. The Kier molecular flexibility index (Phi) is 4.67. The minimum atomic E-state index is -4.56. The molecule has 0 radical (unpaired) electrons. The molecular weight excluding hydrogens is 289 g/mol. The van der Waals surface area contributed by atoms with Crippen LogP contribution in [0.1, 0.15) is 17.2 Å². The zero-order valence-corrected chi connectivity index (χ0v) is 9.57. The lowest BCUT2D eigenvalue weighted by atomic mass is 10.1. The predicted molar refractivity (Wildman–Crippen MR) is 55.2 cm³/mol. The molecule has 0 amide bonds. The summed E-state index contributed by atoms with van der Waals surface area (Å²) in [4.78, 5) is 28.3. The monoisotopic (exact) mass is 296 g/mol. The van der Waals surface area contributed by atoms with E-state index in [9.17, 15) is 33.4 Å². The van der Waals surface area contributed by atoms with Crippen molar-refractivity contribution in [2.45, 2.75) is 12.3 Å². The van der Waals surface area contributed by atoms with Crippen LogP contribution in [0.2, 0.25) is 0 Å². The minimum absolute atomic E-state index is 0.0588.